The van der Waals surface area contributed by atoms with Gasteiger partial charge in [0.15, 0.2) is 0 Å². The van der Waals surface area contributed by atoms with Crippen LogP contribution in [0, 0.1) is 10.1 Å². The second kappa shape index (κ2) is 6.81. The largest absolute Gasteiger partial charge is 0.355 e. The lowest BCUT2D eigenvalue weighted by Gasteiger charge is -2.22. The lowest BCUT2D eigenvalue weighted by Crippen LogP contribution is -2.24. The molecular formula is C14H18N6O2. The quantitative estimate of drug-likeness (QED) is 0.647. The van der Waals surface area contributed by atoms with E-state index >= 15 is 0 Å². The lowest BCUT2D eigenvalue weighted by molar-refractivity contribution is -0.383. The molecule has 8 heteroatoms. The van der Waals surface area contributed by atoms with Crippen molar-refractivity contribution >= 4 is 23.0 Å². The Bertz CT molecular complexity index is 647. The Morgan fingerprint density at radius 2 is 1.91 bits per heavy atom. The van der Waals surface area contributed by atoms with Crippen molar-refractivity contribution in [1.82, 2.24) is 15.0 Å². The molecule has 22 heavy (non-hydrogen) atoms. The number of para-hydroxylation sites is 1. The predicted molar refractivity (Wildman–Crippen MR) is 85.1 cm³/mol. The molecule has 0 bridgehead atoms. The SMILES string of the molecule is CCN(c1ccccc1)c1ncnc(NN(C)C)c1[N+](=O)[O-]. The first-order valence-electron chi connectivity index (χ1n) is 6.80. The summed E-state index contributed by atoms with van der Waals surface area (Å²) in [7, 11) is 3.47. The second-order valence-electron chi connectivity index (χ2n) is 4.74. The third-order valence-corrected chi connectivity index (χ3v) is 2.95. The molecule has 116 valence electrons. The molecule has 2 aromatic rings. The molecule has 8 nitrogen and oxygen atoms in total. The van der Waals surface area contributed by atoms with Crippen molar-refractivity contribution in [2.45, 2.75) is 6.92 Å². The molecule has 0 atom stereocenters. The molecule has 1 N–H and O–H groups in total. The van der Waals surface area contributed by atoms with Crippen molar-refractivity contribution in [1.29, 1.82) is 0 Å². The highest BCUT2D eigenvalue weighted by atomic mass is 16.6. The van der Waals surface area contributed by atoms with Gasteiger partial charge in [-0.1, -0.05) is 18.2 Å². The maximum absolute atomic E-state index is 11.5. The summed E-state index contributed by atoms with van der Waals surface area (Å²) in [6.45, 7) is 2.46. The minimum atomic E-state index is -0.466. The molecule has 1 aromatic heterocycles. The first-order chi connectivity index (χ1) is 10.5. The van der Waals surface area contributed by atoms with Gasteiger partial charge in [0.25, 0.3) is 0 Å². The number of nitrogens with one attached hydrogen (secondary N) is 1. The van der Waals surface area contributed by atoms with E-state index < -0.39 is 4.92 Å². The van der Waals surface area contributed by atoms with Gasteiger partial charge in [-0.2, -0.15) is 0 Å². The van der Waals surface area contributed by atoms with Crippen LogP contribution in [-0.4, -0.2) is 40.5 Å². The van der Waals surface area contributed by atoms with Gasteiger partial charge in [-0.3, -0.25) is 15.5 Å². The Balaban J connectivity index is 2.55. The fourth-order valence-electron chi connectivity index (χ4n) is 2.09. The van der Waals surface area contributed by atoms with Crippen molar-refractivity contribution in [3.63, 3.8) is 0 Å². The van der Waals surface area contributed by atoms with Crippen LogP contribution < -0.4 is 10.3 Å². The van der Waals surface area contributed by atoms with Gasteiger partial charge in [-0.05, 0) is 19.1 Å². The Labute approximate surface area is 128 Å². The van der Waals surface area contributed by atoms with E-state index in [-0.39, 0.29) is 17.3 Å². The zero-order valence-corrected chi connectivity index (χ0v) is 12.7. The van der Waals surface area contributed by atoms with Crippen LogP contribution in [0.2, 0.25) is 0 Å². The van der Waals surface area contributed by atoms with Gasteiger partial charge >= 0.3 is 5.69 Å². The highest BCUT2D eigenvalue weighted by Crippen LogP contribution is 2.35. The highest BCUT2D eigenvalue weighted by Gasteiger charge is 2.27. The average Bonchev–Trinajstić information content (AvgIpc) is 2.48. The number of hydrazine groups is 1. The van der Waals surface area contributed by atoms with Crippen LogP contribution in [0.5, 0.6) is 0 Å². The third kappa shape index (κ3) is 3.29. The summed E-state index contributed by atoms with van der Waals surface area (Å²) in [5.41, 5.74) is 3.52. The van der Waals surface area contributed by atoms with Gasteiger partial charge in [0.2, 0.25) is 11.6 Å². The second-order valence-corrected chi connectivity index (χ2v) is 4.74. The first kappa shape index (κ1) is 15.6. The Morgan fingerprint density at radius 3 is 2.45 bits per heavy atom. The highest BCUT2D eigenvalue weighted by molar-refractivity contribution is 5.75. The Hall–Kier alpha value is -2.74. The van der Waals surface area contributed by atoms with Crippen LogP contribution in [-0.2, 0) is 0 Å². The van der Waals surface area contributed by atoms with Gasteiger partial charge in [-0.25, -0.2) is 15.0 Å². The lowest BCUT2D eigenvalue weighted by atomic mass is 10.2. The number of aromatic nitrogens is 2. The fraction of sp³-hybridized carbons (Fsp3) is 0.286. The van der Waals surface area contributed by atoms with Crippen molar-refractivity contribution in [3.05, 3.63) is 46.8 Å². The molecule has 0 aliphatic rings. The maximum atomic E-state index is 11.5. The average molecular weight is 302 g/mol. The molecule has 0 aliphatic carbocycles. The van der Waals surface area contributed by atoms with Gasteiger partial charge in [0.05, 0.1) is 4.92 Å². The first-order valence-corrected chi connectivity index (χ1v) is 6.80. The van der Waals surface area contributed by atoms with Crippen LogP contribution in [0.4, 0.5) is 23.0 Å². The molecule has 1 heterocycles. The zero-order chi connectivity index (χ0) is 16.1. The van der Waals surface area contributed by atoms with Crippen molar-refractivity contribution < 1.29 is 4.92 Å². The molecule has 0 aliphatic heterocycles. The topological polar surface area (TPSA) is 87.4 Å². The Kier molecular flexibility index (Phi) is 4.84. The zero-order valence-electron chi connectivity index (χ0n) is 12.7. The molecule has 0 saturated carbocycles. The molecule has 2 rings (SSSR count). The van der Waals surface area contributed by atoms with Crippen LogP contribution in [0.25, 0.3) is 0 Å². The summed E-state index contributed by atoms with van der Waals surface area (Å²) >= 11 is 0. The molecule has 0 radical (unpaired) electrons. The molecular weight excluding hydrogens is 284 g/mol. The number of anilines is 3. The monoisotopic (exact) mass is 302 g/mol. The van der Waals surface area contributed by atoms with E-state index in [4.69, 9.17) is 0 Å². The standard InChI is InChI=1S/C14H18N6O2/c1-4-19(11-8-6-5-7-9-11)14-12(20(21)22)13(15-10-16-14)17-18(2)3/h5-10H,4H2,1-3H3,(H,15,16,17). The Morgan fingerprint density at radius 1 is 1.23 bits per heavy atom. The fourth-order valence-corrected chi connectivity index (χ4v) is 2.09. The third-order valence-electron chi connectivity index (χ3n) is 2.95. The van der Waals surface area contributed by atoms with Crippen molar-refractivity contribution in [2.75, 3.05) is 31.0 Å². The van der Waals surface area contributed by atoms with Gasteiger partial charge < -0.3 is 4.90 Å². The minimum Gasteiger partial charge on any atom is -0.321 e. The van der Waals surface area contributed by atoms with E-state index in [2.05, 4.69) is 15.4 Å². The van der Waals surface area contributed by atoms with Gasteiger partial charge in [0, 0.05) is 26.3 Å². The molecule has 0 unspecified atom stereocenters. The number of benzene rings is 1. The summed E-state index contributed by atoms with van der Waals surface area (Å²) in [6, 6.07) is 9.42. The van der Waals surface area contributed by atoms with Gasteiger partial charge in [0.1, 0.15) is 6.33 Å². The van der Waals surface area contributed by atoms with Crippen molar-refractivity contribution in [3.8, 4) is 0 Å². The molecule has 0 spiro atoms. The summed E-state index contributed by atoms with van der Waals surface area (Å²) in [4.78, 5) is 20.9. The van der Waals surface area contributed by atoms with Crippen LogP contribution in [0.3, 0.4) is 0 Å². The van der Waals surface area contributed by atoms with Crippen molar-refractivity contribution in [2.24, 2.45) is 0 Å². The van der Waals surface area contributed by atoms with E-state index in [0.29, 0.717) is 6.54 Å². The van der Waals surface area contributed by atoms with Crippen LogP contribution in [0.1, 0.15) is 6.92 Å². The maximum Gasteiger partial charge on any atom is 0.355 e. The van der Waals surface area contributed by atoms with E-state index in [0.717, 1.165) is 5.69 Å². The van der Waals surface area contributed by atoms with Gasteiger partial charge in [-0.15, -0.1) is 0 Å². The number of rotatable bonds is 6. The predicted octanol–water partition coefficient (Wildman–Crippen LogP) is 2.43. The molecule has 0 saturated heterocycles. The number of nitro groups is 1. The van der Waals surface area contributed by atoms with E-state index in [1.807, 2.05) is 37.3 Å². The van der Waals surface area contributed by atoms with E-state index in [1.54, 1.807) is 24.0 Å². The summed E-state index contributed by atoms with van der Waals surface area (Å²) < 4.78 is 0. The van der Waals surface area contributed by atoms with E-state index in [1.165, 1.54) is 6.33 Å². The van der Waals surface area contributed by atoms with Crippen LogP contribution in [0.15, 0.2) is 36.7 Å². The number of hydrogen-bond acceptors (Lipinski definition) is 7. The molecule has 0 fully saturated rings. The molecule has 0 amide bonds. The summed E-state index contributed by atoms with van der Waals surface area (Å²) in [5, 5.41) is 13.1. The number of nitrogens with zero attached hydrogens (tertiary/aromatic N) is 5. The summed E-state index contributed by atoms with van der Waals surface area (Å²) in [5.74, 6) is 0.424. The number of hydrogen-bond donors (Lipinski definition) is 1. The summed E-state index contributed by atoms with van der Waals surface area (Å²) in [6.07, 6.45) is 1.32. The normalized spacial score (nSPS) is 10.5. The van der Waals surface area contributed by atoms with E-state index in [9.17, 15) is 10.1 Å². The smallest absolute Gasteiger partial charge is 0.321 e. The minimum absolute atomic E-state index is 0.151. The molecule has 1 aromatic carbocycles. The van der Waals surface area contributed by atoms with Crippen LogP contribution >= 0.6 is 0 Å².